The highest BCUT2D eigenvalue weighted by molar-refractivity contribution is 6.30. The van der Waals surface area contributed by atoms with Crippen molar-refractivity contribution in [1.82, 2.24) is 14.9 Å². The summed E-state index contributed by atoms with van der Waals surface area (Å²) in [5.74, 6) is 1.89. The Labute approximate surface area is 146 Å². The number of carbonyl (C=O) groups is 1. The molecule has 7 heteroatoms. The Morgan fingerprint density at radius 2 is 2.17 bits per heavy atom. The monoisotopic (exact) mass is 345 g/mol. The van der Waals surface area contributed by atoms with Crippen molar-refractivity contribution in [3.05, 3.63) is 47.7 Å². The van der Waals surface area contributed by atoms with Gasteiger partial charge in [-0.15, -0.1) is 0 Å². The minimum atomic E-state index is -0.0526. The van der Waals surface area contributed by atoms with Gasteiger partial charge in [0.25, 0.3) is 0 Å². The molecule has 126 valence electrons. The maximum absolute atomic E-state index is 12.1. The summed E-state index contributed by atoms with van der Waals surface area (Å²) in [4.78, 5) is 22.6. The van der Waals surface area contributed by atoms with Crippen LogP contribution in [0.2, 0.25) is 5.02 Å². The number of aromatic nitrogens is 2. The summed E-state index contributed by atoms with van der Waals surface area (Å²) in [7, 11) is 0. The first kappa shape index (κ1) is 16.7. The SMILES string of the molecule is O=C(CN1CC[C@H](CNc2ccccn2)C1)Nc1ccc(Cl)cn1. The van der Waals surface area contributed by atoms with Crippen molar-refractivity contribution in [2.75, 3.05) is 36.8 Å². The molecular weight excluding hydrogens is 326 g/mol. The molecule has 3 heterocycles. The van der Waals surface area contributed by atoms with Crippen LogP contribution in [0.3, 0.4) is 0 Å². The van der Waals surface area contributed by atoms with E-state index in [0.29, 0.717) is 23.3 Å². The second-order valence-corrected chi connectivity index (χ2v) is 6.33. The zero-order chi connectivity index (χ0) is 16.8. The van der Waals surface area contributed by atoms with Crippen molar-refractivity contribution < 1.29 is 4.79 Å². The van der Waals surface area contributed by atoms with E-state index >= 15 is 0 Å². The third-order valence-corrected chi connectivity index (χ3v) is 4.19. The molecule has 6 nitrogen and oxygen atoms in total. The van der Waals surface area contributed by atoms with Gasteiger partial charge < -0.3 is 10.6 Å². The van der Waals surface area contributed by atoms with Crippen LogP contribution < -0.4 is 10.6 Å². The summed E-state index contributed by atoms with van der Waals surface area (Å²) in [6, 6.07) is 9.23. The second kappa shape index (κ2) is 8.08. The molecule has 3 rings (SSSR count). The number of hydrogen-bond donors (Lipinski definition) is 2. The molecule has 1 aliphatic heterocycles. The van der Waals surface area contributed by atoms with Crippen LogP contribution in [-0.2, 0) is 4.79 Å². The molecule has 0 radical (unpaired) electrons. The molecule has 0 aliphatic carbocycles. The third kappa shape index (κ3) is 4.91. The van der Waals surface area contributed by atoms with Crippen LogP contribution in [0.4, 0.5) is 11.6 Å². The van der Waals surface area contributed by atoms with E-state index in [-0.39, 0.29) is 5.91 Å². The molecule has 0 unspecified atom stereocenters. The summed E-state index contributed by atoms with van der Waals surface area (Å²) in [5, 5.41) is 6.69. The van der Waals surface area contributed by atoms with Gasteiger partial charge >= 0.3 is 0 Å². The Morgan fingerprint density at radius 1 is 1.25 bits per heavy atom. The molecule has 2 N–H and O–H groups in total. The summed E-state index contributed by atoms with van der Waals surface area (Å²) in [6.07, 6.45) is 4.37. The molecule has 1 amide bonds. The number of carbonyl (C=O) groups excluding carboxylic acids is 1. The summed E-state index contributed by atoms with van der Waals surface area (Å²) in [6.45, 7) is 3.08. The van der Waals surface area contributed by atoms with Gasteiger partial charge in [-0.1, -0.05) is 17.7 Å². The average molecular weight is 346 g/mol. The van der Waals surface area contributed by atoms with Crippen LogP contribution in [0, 0.1) is 5.92 Å². The Bertz CT molecular complexity index is 664. The Morgan fingerprint density at radius 3 is 2.92 bits per heavy atom. The van der Waals surface area contributed by atoms with Gasteiger partial charge in [0.1, 0.15) is 11.6 Å². The van der Waals surface area contributed by atoms with E-state index in [1.54, 1.807) is 18.3 Å². The van der Waals surface area contributed by atoms with Crippen molar-refractivity contribution in [3.63, 3.8) is 0 Å². The molecule has 1 aliphatic rings. The third-order valence-electron chi connectivity index (χ3n) is 3.97. The lowest BCUT2D eigenvalue weighted by atomic mass is 10.1. The van der Waals surface area contributed by atoms with Crippen LogP contribution in [0.1, 0.15) is 6.42 Å². The Balaban J connectivity index is 1.40. The molecule has 1 saturated heterocycles. The number of anilines is 2. The van der Waals surface area contributed by atoms with Crippen LogP contribution in [-0.4, -0.2) is 47.0 Å². The molecule has 0 aromatic carbocycles. The van der Waals surface area contributed by atoms with Gasteiger partial charge in [-0.2, -0.15) is 0 Å². The summed E-state index contributed by atoms with van der Waals surface area (Å²) < 4.78 is 0. The highest BCUT2D eigenvalue weighted by atomic mass is 35.5. The van der Waals surface area contributed by atoms with Crippen LogP contribution in [0.25, 0.3) is 0 Å². The largest absolute Gasteiger partial charge is 0.370 e. The zero-order valence-corrected chi connectivity index (χ0v) is 14.0. The number of hydrogen-bond acceptors (Lipinski definition) is 5. The number of pyridine rings is 2. The normalized spacial score (nSPS) is 17.6. The van der Waals surface area contributed by atoms with Crippen molar-refractivity contribution >= 4 is 29.1 Å². The number of likely N-dealkylation sites (tertiary alicyclic amines) is 1. The summed E-state index contributed by atoms with van der Waals surface area (Å²) >= 11 is 5.78. The van der Waals surface area contributed by atoms with Gasteiger partial charge in [-0.05, 0) is 43.1 Å². The number of amides is 1. The van der Waals surface area contributed by atoms with E-state index in [0.717, 1.165) is 31.9 Å². The number of rotatable bonds is 6. The topological polar surface area (TPSA) is 70.2 Å². The van der Waals surface area contributed by atoms with Gasteiger partial charge in [-0.25, -0.2) is 9.97 Å². The molecular formula is C17H20ClN5O. The van der Waals surface area contributed by atoms with Gasteiger partial charge in [0, 0.05) is 25.5 Å². The minimum absolute atomic E-state index is 0.0526. The maximum atomic E-state index is 12.1. The van der Waals surface area contributed by atoms with Crippen LogP contribution in [0.5, 0.6) is 0 Å². The van der Waals surface area contributed by atoms with Gasteiger partial charge in [0.05, 0.1) is 11.6 Å². The van der Waals surface area contributed by atoms with Crippen LogP contribution in [0.15, 0.2) is 42.7 Å². The standard InChI is InChI=1S/C17H20ClN5O/c18-14-4-5-16(21-10-14)22-17(24)12-23-8-6-13(11-23)9-20-15-3-1-2-7-19-15/h1-5,7,10,13H,6,8-9,11-12H2,(H,19,20)(H,21,22,24)/t13-/m1/s1. The first-order chi connectivity index (χ1) is 11.7. The zero-order valence-electron chi connectivity index (χ0n) is 13.3. The van der Waals surface area contributed by atoms with E-state index < -0.39 is 0 Å². The Kier molecular flexibility index (Phi) is 5.61. The van der Waals surface area contributed by atoms with Gasteiger partial charge in [0.15, 0.2) is 0 Å². The maximum Gasteiger partial charge on any atom is 0.239 e. The molecule has 0 saturated carbocycles. The summed E-state index contributed by atoms with van der Waals surface area (Å²) in [5.41, 5.74) is 0. The number of nitrogens with one attached hydrogen (secondary N) is 2. The van der Waals surface area contributed by atoms with Crippen molar-refractivity contribution in [2.45, 2.75) is 6.42 Å². The highest BCUT2D eigenvalue weighted by Crippen LogP contribution is 2.17. The number of halogens is 1. The molecule has 1 fully saturated rings. The van der Waals surface area contributed by atoms with Crippen molar-refractivity contribution in [3.8, 4) is 0 Å². The molecule has 2 aromatic rings. The molecule has 0 spiro atoms. The van der Waals surface area contributed by atoms with E-state index in [4.69, 9.17) is 11.6 Å². The number of nitrogens with zero attached hydrogens (tertiary/aromatic N) is 3. The lowest BCUT2D eigenvalue weighted by molar-refractivity contribution is -0.117. The molecule has 24 heavy (non-hydrogen) atoms. The average Bonchev–Trinajstić information content (AvgIpc) is 3.03. The first-order valence-electron chi connectivity index (χ1n) is 7.98. The minimum Gasteiger partial charge on any atom is -0.370 e. The fraction of sp³-hybridized carbons (Fsp3) is 0.353. The fourth-order valence-corrected chi connectivity index (χ4v) is 2.89. The van der Waals surface area contributed by atoms with Crippen molar-refractivity contribution in [2.24, 2.45) is 5.92 Å². The first-order valence-corrected chi connectivity index (χ1v) is 8.35. The van der Waals surface area contributed by atoms with Gasteiger partial charge in [0.2, 0.25) is 5.91 Å². The quantitative estimate of drug-likeness (QED) is 0.841. The van der Waals surface area contributed by atoms with Gasteiger partial charge in [-0.3, -0.25) is 9.69 Å². The second-order valence-electron chi connectivity index (χ2n) is 5.90. The lowest BCUT2D eigenvalue weighted by Crippen LogP contribution is -2.32. The molecule has 2 aromatic heterocycles. The molecule has 1 atom stereocenters. The predicted octanol–water partition coefficient (Wildman–Crippen LogP) is 2.50. The molecule has 0 bridgehead atoms. The Hall–Kier alpha value is -2.18. The van der Waals surface area contributed by atoms with E-state index in [2.05, 4.69) is 25.5 Å². The van der Waals surface area contributed by atoms with Crippen LogP contribution >= 0.6 is 11.6 Å². The van der Waals surface area contributed by atoms with E-state index in [1.165, 1.54) is 6.20 Å². The fourth-order valence-electron chi connectivity index (χ4n) is 2.77. The lowest BCUT2D eigenvalue weighted by Gasteiger charge is -2.16. The highest BCUT2D eigenvalue weighted by Gasteiger charge is 2.24. The van der Waals surface area contributed by atoms with E-state index in [1.807, 2.05) is 18.2 Å². The van der Waals surface area contributed by atoms with E-state index in [9.17, 15) is 4.79 Å². The smallest absolute Gasteiger partial charge is 0.239 e. The van der Waals surface area contributed by atoms with Crippen molar-refractivity contribution in [1.29, 1.82) is 0 Å². The predicted molar refractivity (Wildman–Crippen MR) is 95.2 cm³/mol.